The number of alkyl carbamates (subject to hydrolysis) is 1. The largest absolute Gasteiger partial charge is 0.466 e. The van der Waals surface area contributed by atoms with Crippen LogP contribution in [-0.4, -0.2) is 38.4 Å². The lowest BCUT2D eigenvalue weighted by Gasteiger charge is -2.32. The molecule has 2 N–H and O–H groups in total. The Kier molecular flexibility index (Phi) is 10.4. The molecule has 0 radical (unpaired) electrons. The van der Waals surface area contributed by atoms with Gasteiger partial charge in [-0.05, 0) is 56.9 Å². The summed E-state index contributed by atoms with van der Waals surface area (Å²) in [5, 5.41) is 6.63. The highest BCUT2D eigenvalue weighted by Gasteiger charge is 2.39. The van der Waals surface area contributed by atoms with Crippen LogP contribution in [0.5, 0.6) is 0 Å². The zero-order valence-corrected chi connectivity index (χ0v) is 22.8. The summed E-state index contributed by atoms with van der Waals surface area (Å²) in [6.07, 6.45) is 0.276. The van der Waals surface area contributed by atoms with Crippen molar-refractivity contribution in [2.45, 2.75) is 45.6 Å². The molecule has 38 heavy (non-hydrogen) atoms. The van der Waals surface area contributed by atoms with Gasteiger partial charge in [-0.3, -0.25) is 0 Å². The number of rotatable bonds is 10. The zero-order valence-electron chi connectivity index (χ0n) is 22.0. The third-order valence-electron chi connectivity index (χ3n) is 6.18. The van der Waals surface area contributed by atoms with Gasteiger partial charge in [0, 0.05) is 16.4 Å². The van der Waals surface area contributed by atoms with E-state index in [1.54, 1.807) is 39.0 Å². The average molecular weight is 541 g/mol. The number of esters is 2. The Morgan fingerprint density at radius 2 is 1.68 bits per heavy atom. The van der Waals surface area contributed by atoms with E-state index in [0.29, 0.717) is 46.0 Å². The Bertz CT molecular complexity index is 1220. The van der Waals surface area contributed by atoms with Crippen molar-refractivity contribution >= 4 is 29.6 Å². The Balaban J connectivity index is 2.08. The molecule has 1 amide bonds. The van der Waals surface area contributed by atoms with Crippen LogP contribution in [0, 0.1) is 0 Å². The van der Waals surface area contributed by atoms with E-state index in [4.69, 9.17) is 25.8 Å². The number of hydrogen-bond acceptors (Lipinski definition) is 7. The van der Waals surface area contributed by atoms with Crippen molar-refractivity contribution in [3.8, 4) is 0 Å². The number of amides is 1. The normalized spacial score (nSPS) is 15.9. The van der Waals surface area contributed by atoms with E-state index < -0.39 is 23.9 Å². The lowest BCUT2D eigenvalue weighted by atomic mass is 9.79. The number of benzene rings is 2. The maximum Gasteiger partial charge on any atom is 0.407 e. The molecule has 2 aromatic rings. The van der Waals surface area contributed by atoms with E-state index in [2.05, 4.69) is 10.6 Å². The average Bonchev–Trinajstić information content (AvgIpc) is 2.90. The van der Waals surface area contributed by atoms with Crippen molar-refractivity contribution in [1.82, 2.24) is 10.6 Å². The molecule has 0 bridgehead atoms. The summed E-state index contributed by atoms with van der Waals surface area (Å²) in [4.78, 5) is 38.6. The maximum absolute atomic E-state index is 13.4. The molecule has 2 aromatic carbocycles. The molecule has 1 aliphatic heterocycles. The van der Waals surface area contributed by atoms with Crippen molar-refractivity contribution in [3.63, 3.8) is 0 Å². The number of ether oxygens (including phenoxy) is 3. The van der Waals surface area contributed by atoms with Gasteiger partial charge in [0.2, 0.25) is 0 Å². The van der Waals surface area contributed by atoms with Gasteiger partial charge in [0.05, 0.1) is 43.4 Å². The maximum atomic E-state index is 13.4. The first-order valence-corrected chi connectivity index (χ1v) is 12.9. The first-order chi connectivity index (χ1) is 18.3. The number of carbonyl (C=O) groups is 3. The van der Waals surface area contributed by atoms with Gasteiger partial charge >= 0.3 is 18.0 Å². The van der Waals surface area contributed by atoms with Gasteiger partial charge in [-0.25, -0.2) is 14.4 Å². The predicted octanol–water partition coefficient (Wildman–Crippen LogP) is 5.56. The van der Waals surface area contributed by atoms with E-state index >= 15 is 0 Å². The first kappa shape index (κ1) is 28.8. The number of halogens is 1. The first-order valence-electron chi connectivity index (χ1n) is 12.5. The van der Waals surface area contributed by atoms with Crippen LogP contribution >= 0.6 is 11.6 Å². The topological polar surface area (TPSA) is 103 Å². The van der Waals surface area contributed by atoms with Gasteiger partial charge in [-0.2, -0.15) is 0 Å². The van der Waals surface area contributed by atoms with Crippen LogP contribution < -0.4 is 10.6 Å². The van der Waals surface area contributed by atoms with Crippen molar-refractivity contribution < 1.29 is 28.6 Å². The highest BCUT2D eigenvalue weighted by Crippen LogP contribution is 2.41. The number of methoxy groups -OCH3 is 1. The lowest BCUT2D eigenvalue weighted by Crippen LogP contribution is -2.34. The van der Waals surface area contributed by atoms with Gasteiger partial charge in [0.1, 0.15) is 0 Å². The highest BCUT2D eigenvalue weighted by atomic mass is 35.5. The Labute approximate surface area is 228 Å². The van der Waals surface area contributed by atoms with Crippen LogP contribution in [0.15, 0.2) is 77.1 Å². The summed E-state index contributed by atoms with van der Waals surface area (Å²) in [7, 11) is 1.30. The van der Waals surface area contributed by atoms with Crippen LogP contribution in [0.4, 0.5) is 4.79 Å². The summed E-state index contributed by atoms with van der Waals surface area (Å²) in [5.74, 6) is -1.87. The van der Waals surface area contributed by atoms with Gasteiger partial charge in [-0.15, -0.1) is 0 Å². The second kappa shape index (κ2) is 13.7. The second-order valence-electron chi connectivity index (χ2n) is 8.62. The molecule has 2 unspecified atom stereocenters. The smallest absolute Gasteiger partial charge is 0.407 e. The number of dihydropyridines is 1. The molecular formula is C29H33ClN2O6. The van der Waals surface area contributed by atoms with Crippen molar-refractivity contribution in [3.05, 3.63) is 93.3 Å². The predicted molar refractivity (Wildman–Crippen MR) is 144 cm³/mol. The Morgan fingerprint density at radius 3 is 2.32 bits per heavy atom. The zero-order chi connectivity index (χ0) is 27.7. The third kappa shape index (κ3) is 6.95. The molecule has 1 aliphatic rings. The molecule has 0 aliphatic carbocycles. The standard InChI is InChI=1S/C29H33ClN2O6/c1-5-37-28(34)26-23(16-15-22(32-29(35)38-6-2)19-11-8-7-9-12-19)31-18(3)24(27(33)36-4)25(26)20-13-10-14-21(30)17-20/h7-14,17,22,25,31H,5-6,15-16H2,1-4H3,(H,32,35). The lowest BCUT2D eigenvalue weighted by molar-refractivity contribution is -0.139. The summed E-state index contributed by atoms with van der Waals surface area (Å²) in [6, 6.07) is 16.1. The minimum Gasteiger partial charge on any atom is -0.466 e. The molecule has 0 fully saturated rings. The highest BCUT2D eigenvalue weighted by molar-refractivity contribution is 6.30. The number of carbonyl (C=O) groups excluding carboxylic acids is 3. The molecule has 3 rings (SSSR count). The fourth-order valence-electron chi connectivity index (χ4n) is 4.55. The summed E-state index contributed by atoms with van der Waals surface area (Å²) in [5.41, 5.74) is 3.28. The van der Waals surface area contributed by atoms with Crippen molar-refractivity contribution in [1.29, 1.82) is 0 Å². The van der Waals surface area contributed by atoms with Gasteiger partial charge in [0.25, 0.3) is 0 Å². The van der Waals surface area contributed by atoms with E-state index in [1.165, 1.54) is 7.11 Å². The number of nitrogens with one attached hydrogen (secondary N) is 2. The molecule has 9 heteroatoms. The van der Waals surface area contributed by atoms with E-state index in [9.17, 15) is 14.4 Å². The minimum atomic E-state index is -0.760. The Morgan fingerprint density at radius 1 is 0.974 bits per heavy atom. The van der Waals surface area contributed by atoms with Crippen molar-refractivity contribution in [2.24, 2.45) is 0 Å². The molecular weight excluding hydrogens is 508 g/mol. The quantitative estimate of drug-likeness (QED) is 0.300. The molecule has 0 spiro atoms. The molecule has 2 atom stereocenters. The number of allylic oxidation sites excluding steroid dienone is 2. The van der Waals surface area contributed by atoms with Gasteiger partial charge in [0.15, 0.2) is 0 Å². The fourth-order valence-corrected chi connectivity index (χ4v) is 4.75. The second-order valence-corrected chi connectivity index (χ2v) is 9.06. The molecule has 0 saturated carbocycles. The van der Waals surface area contributed by atoms with Crippen LogP contribution in [0.25, 0.3) is 0 Å². The van der Waals surface area contributed by atoms with Crippen LogP contribution in [0.2, 0.25) is 5.02 Å². The minimum absolute atomic E-state index is 0.158. The van der Waals surface area contributed by atoms with Crippen LogP contribution in [0.3, 0.4) is 0 Å². The SMILES string of the molecule is CCOC(=O)NC(CCC1=C(C(=O)OCC)C(c2cccc(Cl)c2)C(C(=O)OC)=C(C)N1)c1ccccc1. The number of hydrogen-bond donors (Lipinski definition) is 2. The fraction of sp³-hybridized carbons (Fsp3) is 0.345. The Hall–Kier alpha value is -3.78. The summed E-state index contributed by atoms with van der Waals surface area (Å²) >= 11 is 6.30. The molecule has 202 valence electrons. The van der Waals surface area contributed by atoms with E-state index in [1.807, 2.05) is 36.4 Å². The monoisotopic (exact) mass is 540 g/mol. The third-order valence-corrected chi connectivity index (χ3v) is 6.42. The van der Waals surface area contributed by atoms with Crippen molar-refractivity contribution in [2.75, 3.05) is 20.3 Å². The molecule has 0 saturated heterocycles. The van der Waals surface area contributed by atoms with Gasteiger partial charge in [-0.1, -0.05) is 54.1 Å². The van der Waals surface area contributed by atoms with E-state index in [-0.39, 0.29) is 19.3 Å². The summed E-state index contributed by atoms with van der Waals surface area (Å²) < 4.78 is 15.6. The van der Waals surface area contributed by atoms with E-state index in [0.717, 1.165) is 5.56 Å². The molecule has 1 heterocycles. The molecule has 0 aromatic heterocycles. The summed E-state index contributed by atoms with van der Waals surface area (Å²) in [6.45, 7) is 5.63. The van der Waals surface area contributed by atoms with Crippen LogP contribution in [-0.2, 0) is 23.8 Å². The molecule has 8 nitrogen and oxygen atoms in total. The van der Waals surface area contributed by atoms with Gasteiger partial charge < -0.3 is 24.8 Å². The van der Waals surface area contributed by atoms with Crippen LogP contribution in [0.1, 0.15) is 56.7 Å².